The second kappa shape index (κ2) is 12.4. The number of likely N-dealkylation sites (N-methyl/N-ethyl adjacent to an activating group) is 1. The van der Waals surface area contributed by atoms with Crippen molar-refractivity contribution in [1.82, 2.24) is 30.3 Å². The highest BCUT2D eigenvalue weighted by Crippen LogP contribution is 2.15. The zero-order valence-corrected chi connectivity index (χ0v) is 19.9. The number of aryl methyl sites for hydroxylation is 1. The largest absolute Gasteiger partial charge is 0.355 e. The van der Waals surface area contributed by atoms with Gasteiger partial charge in [0.2, 0.25) is 5.91 Å². The van der Waals surface area contributed by atoms with Gasteiger partial charge in [-0.15, -0.1) is 34.2 Å². The van der Waals surface area contributed by atoms with E-state index in [9.17, 15) is 13.6 Å². The topological polar surface area (TPSA) is 87.4 Å². The molecule has 30 heavy (non-hydrogen) atoms. The molecule has 8 nitrogen and oxygen atoms in total. The summed E-state index contributed by atoms with van der Waals surface area (Å²) in [6.07, 6.45) is 2.42. The summed E-state index contributed by atoms with van der Waals surface area (Å²) in [7, 11) is 3.31. The summed E-state index contributed by atoms with van der Waals surface area (Å²) in [5, 5.41) is 14.2. The fraction of sp³-hybridized carbons (Fsp3) is 0.474. The lowest BCUT2D eigenvalue weighted by Gasteiger charge is -2.19. The number of carbonyl (C=O) groups excluding carboxylic acids is 1. The molecular weight excluding hydrogens is 507 g/mol. The Morgan fingerprint density at radius 2 is 2.03 bits per heavy atom. The molecule has 0 saturated carbocycles. The number of amides is 1. The Bertz CT molecular complexity index is 857. The predicted octanol–water partition coefficient (Wildman–Crippen LogP) is 2.12. The number of aromatic nitrogens is 3. The molecule has 2 aromatic rings. The normalized spacial score (nSPS) is 12.1. The summed E-state index contributed by atoms with van der Waals surface area (Å²) >= 11 is 0. The first-order valence-corrected chi connectivity index (χ1v) is 9.38. The van der Waals surface area contributed by atoms with Crippen LogP contribution in [0.5, 0.6) is 0 Å². The summed E-state index contributed by atoms with van der Waals surface area (Å²) in [6.45, 7) is 4.88. The van der Waals surface area contributed by atoms with E-state index in [0.29, 0.717) is 24.6 Å². The van der Waals surface area contributed by atoms with Crippen molar-refractivity contribution in [2.24, 2.45) is 4.99 Å². The van der Waals surface area contributed by atoms with Gasteiger partial charge in [-0.2, -0.15) is 0 Å². The van der Waals surface area contributed by atoms with Gasteiger partial charge in [-0.3, -0.25) is 4.79 Å². The van der Waals surface area contributed by atoms with Crippen LogP contribution in [0.15, 0.2) is 29.5 Å². The van der Waals surface area contributed by atoms with Crippen LogP contribution < -0.4 is 10.6 Å². The van der Waals surface area contributed by atoms with E-state index in [2.05, 4.69) is 25.8 Å². The number of carbonyl (C=O) groups is 1. The second-order valence-corrected chi connectivity index (χ2v) is 6.71. The summed E-state index contributed by atoms with van der Waals surface area (Å²) < 4.78 is 28.6. The number of nitrogens with zero attached hydrogens (tertiary/aromatic N) is 5. The second-order valence-electron chi connectivity index (χ2n) is 6.71. The number of nitrogens with one attached hydrogen (secondary N) is 2. The first-order valence-electron chi connectivity index (χ1n) is 9.38. The van der Waals surface area contributed by atoms with E-state index in [1.165, 1.54) is 11.0 Å². The maximum atomic E-state index is 13.5. The van der Waals surface area contributed by atoms with Gasteiger partial charge in [-0.1, -0.05) is 13.0 Å². The van der Waals surface area contributed by atoms with Crippen molar-refractivity contribution in [2.75, 3.05) is 27.2 Å². The van der Waals surface area contributed by atoms with Gasteiger partial charge in [0.25, 0.3) is 0 Å². The first kappa shape index (κ1) is 25.7. The van der Waals surface area contributed by atoms with E-state index >= 15 is 0 Å². The van der Waals surface area contributed by atoms with Crippen molar-refractivity contribution in [1.29, 1.82) is 0 Å². The van der Waals surface area contributed by atoms with Crippen LogP contribution in [0.3, 0.4) is 0 Å². The minimum absolute atomic E-state index is 0. The van der Waals surface area contributed by atoms with Crippen molar-refractivity contribution in [3.05, 3.63) is 47.5 Å². The number of guanidine groups is 1. The fourth-order valence-corrected chi connectivity index (χ4v) is 2.55. The standard InChI is InChI=1S/C19H27F2N7O.HI/c1-5-17-26-24-12-28(17)9-8-22-19(23-11-18(29)27(3)4)25-13(2)14-6-7-15(20)16(21)10-14;/h6-7,10,12-13H,5,8-9,11H2,1-4H3,(H2,22,23,25);1H. The molecule has 2 rings (SSSR count). The van der Waals surface area contributed by atoms with Crippen molar-refractivity contribution in [3.8, 4) is 0 Å². The van der Waals surface area contributed by atoms with Crippen molar-refractivity contribution < 1.29 is 13.6 Å². The van der Waals surface area contributed by atoms with Crippen LogP contribution in [0.2, 0.25) is 0 Å². The molecule has 0 bridgehead atoms. The van der Waals surface area contributed by atoms with Crippen LogP contribution in [0.1, 0.15) is 31.3 Å². The highest BCUT2D eigenvalue weighted by Gasteiger charge is 2.12. The smallest absolute Gasteiger partial charge is 0.243 e. The third kappa shape index (κ3) is 7.50. The molecule has 0 radical (unpaired) electrons. The van der Waals surface area contributed by atoms with Gasteiger partial charge in [0.15, 0.2) is 17.6 Å². The molecule has 11 heteroatoms. The Kier molecular flexibility index (Phi) is 10.6. The van der Waals surface area contributed by atoms with E-state index in [1.54, 1.807) is 27.3 Å². The lowest BCUT2D eigenvalue weighted by molar-refractivity contribution is -0.127. The first-order chi connectivity index (χ1) is 13.8. The van der Waals surface area contributed by atoms with E-state index in [0.717, 1.165) is 24.4 Å². The molecule has 0 aliphatic carbocycles. The van der Waals surface area contributed by atoms with Gasteiger partial charge in [0.05, 0.1) is 6.04 Å². The Morgan fingerprint density at radius 1 is 1.30 bits per heavy atom. The van der Waals surface area contributed by atoms with Gasteiger partial charge in [0.1, 0.15) is 18.7 Å². The van der Waals surface area contributed by atoms with Gasteiger partial charge >= 0.3 is 0 Å². The molecule has 0 aliphatic heterocycles. The van der Waals surface area contributed by atoms with Crippen molar-refractivity contribution in [2.45, 2.75) is 32.9 Å². The van der Waals surface area contributed by atoms with Crippen LogP contribution in [0.4, 0.5) is 8.78 Å². The average Bonchev–Trinajstić information content (AvgIpc) is 3.15. The Hall–Kier alpha value is -2.31. The van der Waals surface area contributed by atoms with Gasteiger partial charge in [-0.25, -0.2) is 13.8 Å². The third-order valence-corrected chi connectivity index (χ3v) is 4.33. The number of benzene rings is 1. The Balaban J connectivity index is 0.00000450. The van der Waals surface area contributed by atoms with Crippen molar-refractivity contribution >= 4 is 35.8 Å². The molecule has 0 spiro atoms. The molecule has 1 amide bonds. The minimum atomic E-state index is -0.912. The third-order valence-electron chi connectivity index (χ3n) is 4.33. The number of rotatable bonds is 8. The summed E-state index contributed by atoms with van der Waals surface area (Å²) in [5.41, 5.74) is 0.560. The lowest BCUT2D eigenvalue weighted by atomic mass is 10.1. The van der Waals surface area contributed by atoms with Crippen LogP contribution >= 0.6 is 24.0 Å². The van der Waals surface area contributed by atoms with E-state index in [-0.39, 0.29) is 42.5 Å². The maximum Gasteiger partial charge on any atom is 0.243 e. The quantitative estimate of drug-likeness (QED) is 0.307. The van der Waals surface area contributed by atoms with Gasteiger partial charge < -0.3 is 20.1 Å². The molecule has 166 valence electrons. The number of hydrogen-bond acceptors (Lipinski definition) is 4. The number of aliphatic imine (C=N–C) groups is 1. The molecule has 1 unspecified atom stereocenters. The molecule has 1 heterocycles. The number of halogens is 3. The monoisotopic (exact) mass is 535 g/mol. The molecule has 1 atom stereocenters. The minimum Gasteiger partial charge on any atom is -0.355 e. The SMILES string of the molecule is CCc1nncn1CCNC(=NCC(=O)N(C)C)NC(C)c1ccc(F)c(F)c1.I. The zero-order valence-electron chi connectivity index (χ0n) is 17.5. The van der Waals surface area contributed by atoms with Crippen molar-refractivity contribution in [3.63, 3.8) is 0 Å². The van der Waals surface area contributed by atoms with E-state index in [1.807, 2.05) is 11.5 Å². The lowest BCUT2D eigenvalue weighted by Crippen LogP contribution is -2.41. The summed E-state index contributed by atoms with van der Waals surface area (Å²) in [6, 6.07) is 3.37. The maximum absolute atomic E-state index is 13.5. The van der Waals surface area contributed by atoms with Crippen LogP contribution in [-0.4, -0.2) is 58.7 Å². The van der Waals surface area contributed by atoms with Crippen LogP contribution in [0.25, 0.3) is 0 Å². The average molecular weight is 535 g/mol. The Labute approximate surface area is 192 Å². The molecule has 0 aliphatic rings. The van der Waals surface area contributed by atoms with Gasteiger partial charge in [-0.05, 0) is 24.6 Å². The molecule has 1 aromatic carbocycles. The Morgan fingerprint density at radius 3 is 2.67 bits per heavy atom. The molecule has 0 saturated heterocycles. The highest BCUT2D eigenvalue weighted by atomic mass is 127. The number of hydrogen-bond donors (Lipinski definition) is 2. The van der Waals surface area contributed by atoms with Crippen LogP contribution in [0, 0.1) is 11.6 Å². The molecule has 1 aromatic heterocycles. The highest BCUT2D eigenvalue weighted by molar-refractivity contribution is 14.0. The summed E-state index contributed by atoms with van der Waals surface area (Å²) in [5.74, 6) is -0.700. The molecular formula is C19H28F2IN7O. The predicted molar refractivity (Wildman–Crippen MR) is 122 cm³/mol. The van der Waals surface area contributed by atoms with Crippen LogP contribution in [-0.2, 0) is 17.8 Å². The van der Waals surface area contributed by atoms with E-state index < -0.39 is 11.6 Å². The van der Waals surface area contributed by atoms with Gasteiger partial charge in [0, 0.05) is 33.6 Å². The molecule has 2 N–H and O–H groups in total. The summed E-state index contributed by atoms with van der Waals surface area (Å²) in [4.78, 5) is 17.6. The fourth-order valence-electron chi connectivity index (χ4n) is 2.55. The van der Waals surface area contributed by atoms with E-state index in [4.69, 9.17) is 0 Å². The molecule has 0 fully saturated rings. The zero-order chi connectivity index (χ0) is 21.4.